The first-order chi connectivity index (χ1) is 7.96. The number of hydrogen-bond acceptors (Lipinski definition) is 4. The second-order valence-electron chi connectivity index (χ2n) is 4.77. The summed E-state index contributed by atoms with van der Waals surface area (Å²) in [6.45, 7) is 3.64. The molecule has 0 heterocycles. The fourth-order valence-corrected chi connectivity index (χ4v) is 1.82. The largest absolute Gasteiger partial charge is 0.467 e. The van der Waals surface area contributed by atoms with Gasteiger partial charge in [-0.15, -0.1) is 0 Å². The van der Waals surface area contributed by atoms with Crippen molar-refractivity contribution in [1.82, 2.24) is 5.32 Å². The van der Waals surface area contributed by atoms with Crippen LogP contribution in [0.5, 0.6) is 0 Å². The summed E-state index contributed by atoms with van der Waals surface area (Å²) in [7, 11) is 1.28. The molecule has 1 aliphatic rings. The van der Waals surface area contributed by atoms with E-state index >= 15 is 0 Å². The first-order valence-electron chi connectivity index (χ1n) is 5.77. The van der Waals surface area contributed by atoms with E-state index in [1.165, 1.54) is 7.11 Å². The maximum Gasteiger partial charge on any atom is 0.328 e. The van der Waals surface area contributed by atoms with Gasteiger partial charge in [-0.25, -0.2) is 4.79 Å². The molecule has 0 aliphatic heterocycles. The highest BCUT2D eigenvalue weighted by Crippen LogP contribution is 2.40. The maximum atomic E-state index is 12.0. The summed E-state index contributed by atoms with van der Waals surface area (Å²) in [6, 6.07) is 1.37. The molecule has 17 heavy (non-hydrogen) atoms. The Morgan fingerprint density at radius 2 is 2.00 bits per heavy atom. The number of ether oxygens (including phenoxy) is 1. The molecule has 5 heteroatoms. The number of methoxy groups -OCH3 is 1. The van der Waals surface area contributed by atoms with Gasteiger partial charge >= 0.3 is 5.97 Å². The van der Waals surface area contributed by atoms with Crippen LogP contribution in [-0.2, 0) is 14.3 Å². The predicted octanol–water partition coefficient (Wildman–Crippen LogP) is 0.994. The topological polar surface area (TPSA) is 79.2 Å². The van der Waals surface area contributed by atoms with Crippen molar-refractivity contribution in [2.24, 2.45) is 11.3 Å². The normalized spacial score (nSPS) is 18.8. The third-order valence-corrected chi connectivity index (χ3v) is 3.26. The Morgan fingerprint density at radius 1 is 1.41 bits per heavy atom. The van der Waals surface area contributed by atoms with Crippen LogP contribution < -0.4 is 5.32 Å². The quantitative estimate of drug-likeness (QED) is 0.741. The SMILES string of the molecule is COC(=O)C(NC(=O)C1(C#N)CCC1)C(C)C. The lowest BCUT2D eigenvalue weighted by atomic mass is 9.69. The molecule has 1 amide bonds. The van der Waals surface area contributed by atoms with E-state index in [1.54, 1.807) is 0 Å². The first-order valence-corrected chi connectivity index (χ1v) is 5.77. The van der Waals surface area contributed by atoms with E-state index < -0.39 is 17.4 Å². The zero-order valence-electron chi connectivity index (χ0n) is 10.4. The summed E-state index contributed by atoms with van der Waals surface area (Å²) in [5.74, 6) is -0.890. The second kappa shape index (κ2) is 5.17. The molecule has 1 aliphatic carbocycles. The lowest BCUT2D eigenvalue weighted by molar-refractivity contribution is -0.148. The molecule has 1 N–H and O–H groups in total. The minimum atomic E-state index is -0.929. The Hall–Kier alpha value is -1.57. The lowest BCUT2D eigenvalue weighted by Gasteiger charge is -2.35. The van der Waals surface area contributed by atoms with Crippen molar-refractivity contribution in [3.8, 4) is 6.07 Å². The average molecular weight is 238 g/mol. The van der Waals surface area contributed by atoms with Gasteiger partial charge in [0, 0.05) is 0 Å². The fraction of sp³-hybridized carbons (Fsp3) is 0.750. The number of carbonyl (C=O) groups excluding carboxylic acids is 2. The van der Waals surface area contributed by atoms with Crippen LogP contribution >= 0.6 is 0 Å². The Balaban J connectivity index is 2.71. The van der Waals surface area contributed by atoms with Gasteiger partial charge in [-0.1, -0.05) is 13.8 Å². The molecule has 5 nitrogen and oxygen atoms in total. The summed E-state index contributed by atoms with van der Waals surface area (Å²) in [5, 5.41) is 11.7. The van der Waals surface area contributed by atoms with Gasteiger partial charge in [0.15, 0.2) is 0 Å². The monoisotopic (exact) mass is 238 g/mol. The maximum absolute atomic E-state index is 12.0. The van der Waals surface area contributed by atoms with Crippen LogP contribution in [0.25, 0.3) is 0 Å². The van der Waals surface area contributed by atoms with Crippen molar-refractivity contribution in [1.29, 1.82) is 5.26 Å². The van der Waals surface area contributed by atoms with Gasteiger partial charge in [-0.2, -0.15) is 5.26 Å². The van der Waals surface area contributed by atoms with Gasteiger partial charge in [0.25, 0.3) is 0 Å². The third-order valence-electron chi connectivity index (χ3n) is 3.26. The zero-order valence-corrected chi connectivity index (χ0v) is 10.4. The van der Waals surface area contributed by atoms with E-state index in [2.05, 4.69) is 16.1 Å². The van der Waals surface area contributed by atoms with Gasteiger partial charge in [0.1, 0.15) is 11.5 Å². The highest BCUT2D eigenvalue weighted by atomic mass is 16.5. The molecule has 0 bridgehead atoms. The number of nitrogens with one attached hydrogen (secondary N) is 1. The van der Waals surface area contributed by atoms with Crippen LogP contribution in [0.3, 0.4) is 0 Å². The molecule has 0 aromatic rings. The van der Waals surface area contributed by atoms with Gasteiger partial charge in [-0.05, 0) is 25.2 Å². The van der Waals surface area contributed by atoms with Crippen LogP contribution in [0.15, 0.2) is 0 Å². The summed E-state index contributed by atoms with van der Waals surface area (Å²) in [6.07, 6.45) is 2.02. The summed E-state index contributed by atoms with van der Waals surface area (Å²) in [5.41, 5.74) is -0.929. The van der Waals surface area contributed by atoms with E-state index in [0.29, 0.717) is 12.8 Å². The van der Waals surface area contributed by atoms with Crippen LogP contribution in [0.4, 0.5) is 0 Å². The van der Waals surface area contributed by atoms with Crippen molar-refractivity contribution in [2.75, 3.05) is 7.11 Å². The summed E-state index contributed by atoms with van der Waals surface area (Å²) in [4.78, 5) is 23.5. The number of amides is 1. The molecule has 0 aromatic carbocycles. The van der Waals surface area contributed by atoms with Crippen molar-refractivity contribution in [3.63, 3.8) is 0 Å². The molecule has 1 rings (SSSR count). The first kappa shape index (κ1) is 13.5. The van der Waals surface area contributed by atoms with Crippen LogP contribution in [0, 0.1) is 22.7 Å². The van der Waals surface area contributed by atoms with Gasteiger partial charge in [0.05, 0.1) is 13.2 Å². The summed E-state index contributed by atoms with van der Waals surface area (Å²) >= 11 is 0. The number of nitriles is 1. The van der Waals surface area contributed by atoms with Gasteiger partial charge in [-0.3, -0.25) is 4.79 Å². The Labute approximate surface area is 101 Å². The highest BCUT2D eigenvalue weighted by Gasteiger charge is 2.46. The molecule has 94 valence electrons. The minimum absolute atomic E-state index is 0.0674. The molecule has 0 saturated heterocycles. The molecule has 1 atom stereocenters. The van der Waals surface area contributed by atoms with Crippen molar-refractivity contribution in [2.45, 2.75) is 39.2 Å². The molecule has 0 aromatic heterocycles. The number of rotatable bonds is 4. The average Bonchev–Trinajstić information content (AvgIpc) is 2.23. The Bertz CT molecular complexity index is 353. The van der Waals surface area contributed by atoms with Crippen LogP contribution in [-0.4, -0.2) is 25.0 Å². The van der Waals surface area contributed by atoms with Crippen molar-refractivity contribution in [3.05, 3.63) is 0 Å². The third kappa shape index (κ3) is 2.57. The van der Waals surface area contributed by atoms with Crippen molar-refractivity contribution >= 4 is 11.9 Å². The van der Waals surface area contributed by atoms with E-state index in [0.717, 1.165) is 6.42 Å². The van der Waals surface area contributed by atoms with E-state index in [1.807, 2.05) is 13.8 Å². The molecule has 1 unspecified atom stereocenters. The Morgan fingerprint density at radius 3 is 2.29 bits per heavy atom. The Kier molecular flexibility index (Phi) is 4.11. The smallest absolute Gasteiger partial charge is 0.328 e. The number of esters is 1. The molecular formula is C12H18N2O3. The van der Waals surface area contributed by atoms with E-state index in [-0.39, 0.29) is 11.8 Å². The predicted molar refractivity (Wildman–Crippen MR) is 60.7 cm³/mol. The fourth-order valence-electron chi connectivity index (χ4n) is 1.82. The van der Waals surface area contributed by atoms with E-state index in [4.69, 9.17) is 5.26 Å². The highest BCUT2D eigenvalue weighted by molar-refractivity contribution is 5.90. The van der Waals surface area contributed by atoms with E-state index in [9.17, 15) is 9.59 Å². The summed E-state index contributed by atoms with van der Waals surface area (Å²) < 4.78 is 4.64. The number of carbonyl (C=O) groups is 2. The molecule has 0 radical (unpaired) electrons. The van der Waals surface area contributed by atoms with Crippen LogP contribution in [0.1, 0.15) is 33.1 Å². The zero-order chi connectivity index (χ0) is 13.1. The second-order valence-corrected chi connectivity index (χ2v) is 4.77. The molecule has 1 saturated carbocycles. The number of nitrogens with zero attached hydrogens (tertiary/aromatic N) is 1. The molecule has 1 fully saturated rings. The lowest BCUT2D eigenvalue weighted by Crippen LogP contribution is -2.52. The van der Waals surface area contributed by atoms with Gasteiger partial charge in [0.2, 0.25) is 5.91 Å². The van der Waals surface area contributed by atoms with Gasteiger partial charge < -0.3 is 10.1 Å². The van der Waals surface area contributed by atoms with Crippen molar-refractivity contribution < 1.29 is 14.3 Å². The molecule has 0 spiro atoms. The molecular weight excluding hydrogens is 220 g/mol. The standard InChI is InChI=1S/C12H18N2O3/c1-8(2)9(10(15)17-3)14-11(16)12(7-13)5-4-6-12/h8-9H,4-6H2,1-3H3,(H,14,16). The number of hydrogen-bond donors (Lipinski definition) is 1. The minimum Gasteiger partial charge on any atom is -0.467 e. The van der Waals surface area contributed by atoms with Crippen LogP contribution in [0.2, 0.25) is 0 Å².